The smallest absolute Gasteiger partial charge is 0.225 e. The number of Topliss-reactive ketones (excluding diaryl/α,β-unsaturated/α-hetero) is 1. The van der Waals surface area contributed by atoms with Gasteiger partial charge in [0.05, 0.1) is 19.1 Å². The van der Waals surface area contributed by atoms with E-state index in [1.165, 1.54) is 19.3 Å². The minimum absolute atomic E-state index is 0.109. The van der Waals surface area contributed by atoms with Crippen LogP contribution >= 0.6 is 0 Å². The fraction of sp³-hybridized carbons (Fsp3) is 0.619. The number of benzene rings is 1. The normalized spacial score (nSPS) is 22.7. The van der Waals surface area contributed by atoms with Gasteiger partial charge in [-0.3, -0.25) is 9.59 Å². The molecule has 5 heteroatoms. The average molecular weight is 357 g/mol. The average Bonchev–Trinajstić information content (AvgIpc) is 2.68. The van der Waals surface area contributed by atoms with E-state index in [0.29, 0.717) is 42.5 Å². The fourth-order valence-electron chi connectivity index (χ4n) is 4.62. The number of piperidine rings is 1. The van der Waals surface area contributed by atoms with Crippen LogP contribution in [0, 0.1) is 5.92 Å². The summed E-state index contributed by atoms with van der Waals surface area (Å²) in [5, 5.41) is 0. The van der Waals surface area contributed by atoms with Gasteiger partial charge in [-0.1, -0.05) is 19.3 Å². The summed E-state index contributed by atoms with van der Waals surface area (Å²) in [5.74, 6) is 1.95. The Bertz CT molecular complexity index is 700. The van der Waals surface area contributed by atoms with Crippen LogP contribution in [0.25, 0.3) is 0 Å². The Balaban J connectivity index is 1.43. The number of ether oxygens (including phenoxy) is 2. The first-order valence-corrected chi connectivity index (χ1v) is 9.79. The molecule has 0 atom stereocenters. The first-order chi connectivity index (χ1) is 12.6. The van der Waals surface area contributed by atoms with Gasteiger partial charge in [0, 0.05) is 31.8 Å². The molecular weight excluding hydrogens is 330 g/mol. The first kappa shape index (κ1) is 17.4. The number of likely N-dealkylation sites (tertiary alicyclic amines) is 1. The minimum Gasteiger partial charge on any atom is -0.497 e. The lowest BCUT2D eigenvalue weighted by atomic mass is 9.81. The second kappa shape index (κ2) is 6.93. The van der Waals surface area contributed by atoms with E-state index in [1.54, 1.807) is 13.2 Å². The lowest BCUT2D eigenvalue weighted by molar-refractivity contribution is -0.140. The van der Waals surface area contributed by atoms with Crippen LogP contribution in [-0.4, -0.2) is 42.4 Å². The molecule has 1 aromatic rings. The van der Waals surface area contributed by atoms with Crippen molar-refractivity contribution in [3.63, 3.8) is 0 Å². The van der Waals surface area contributed by atoms with Gasteiger partial charge in [-0.05, 0) is 31.0 Å². The van der Waals surface area contributed by atoms with E-state index in [-0.39, 0.29) is 11.7 Å². The van der Waals surface area contributed by atoms with E-state index in [0.717, 1.165) is 25.7 Å². The number of hydrogen-bond acceptors (Lipinski definition) is 4. The number of ketones is 1. The third-order valence-corrected chi connectivity index (χ3v) is 6.24. The quantitative estimate of drug-likeness (QED) is 0.811. The standard InChI is InChI=1S/C21H27NO4/c1-25-16-7-8-19-17(13-16)18(23)14-21(26-19)9-11-22(12-10-21)20(24)15-5-3-2-4-6-15/h7-8,13,15H,2-6,9-12,14H2,1H3. The molecule has 2 fully saturated rings. The van der Waals surface area contributed by atoms with Crippen LogP contribution in [0.5, 0.6) is 11.5 Å². The second-order valence-corrected chi connectivity index (χ2v) is 7.91. The summed E-state index contributed by atoms with van der Waals surface area (Å²) in [6, 6.07) is 5.41. The van der Waals surface area contributed by atoms with Gasteiger partial charge in [0.15, 0.2) is 5.78 Å². The molecule has 0 unspecified atom stereocenters. The van der Waals surface area contributed by atoms with Crippen LogP contribution in [0.2, 0.25) is 0 Å². The molecule has 1 spiro atoms. The van der Waals surface area contributed by atoms with E-state index in [1.807, 2.05) is 17.0 Å². The van der Waals surface area contributed by atoms with E-state index >= 15 is 0 Å². The molecule has 2 aliphatic heterocycles. The number of carbonyl (C=O) groups excluding carboxylic acids is 2. The third-order valence-electron chi connectivity index (χ3n) is 6.24. The molecule has 5 nitrogen and oxygen atoms in total. The zero-order valence-corrected chi connectivity index (χ0v) is 15.5. The summed E-state index contributed by atoms with van der Waals surface area (Å²) >= 11 is 0. The zero-order chi connectivity index (χ0) is 18.1. The summed E-state index contributed by atoms with van der Waals surface area (Å²) in [5.41, 5.74) is 0.151. The third kappa shape index (κ3) is 3.19. The number of rotatable bonds is 2. The molecule has 0 radical (unpaired) electrons. The van der Waals surface area contributed by atoms with Crippen molar-refractivity contribution >= 4 is 11.7 Å². The largest absolute Gasteiger partial charge is 0.497 e. The second-order valence-electron chi connectivity index (χ2n) is 7.91. The molecule has 2 heterocycles. The number of nitrogens with zero attached hydrogens (tertiary/aromatic N) is 1. The van der Waals surface area contributed by atoms with Crippen molar-refractivity contribution in [3.8, 4) is 11.5 Å². The van der Waals surface area contributed by atoms with Crippen molar-refractivity contribution in [1.82, 2.24) is 4.90 Å². The molecule has 3 aliphatic rings. The van der Waals surface area contributed by atoms with Crippen LogP contribution in [0.4, 0.5) is 0 Å². The SMILES string of the molecule is COc1ccc2c(c1)C(=O)CC1(CCN(C(=O)C3CCCCC3)CC1)O2. The van der Waals surface area contributed by atoms with E-state index in [9.17, 15) is 9.59 Å². The molecule has 1 aromatic carbocycles. The zero-order valence-electron chi connectivity index (χ0n) is 15.5. The molecule has 140 valence electrons. The minimum atomic E-state index is -0.456. The van der Waals surface area contributed by atoms with Crippen molar-refractivity contribution in [1.29, 1.82) is 0 Å². The van der Waals surface area contributed by atoms with Gasteiger partial charge in [-0.15, -0.1) is 0 Å². The maximum Gasteiger partial charge on any atom is 0.225 e. The van der Waals surface area contributed by atoms with Crippen LogP contribution in [0.1, 0.15) is 61.7 Å². The number of hydrogen-bond donors (Lipinski definition) is 0. The lowest BCUT2D eigenvalue weighted by Gasteiger charge is -2.44. The Kier molecular flexibility index (Phi) is 4.63. The Morgan fingerprint density at radius 2 is 1.92 bits per heavy atom. The molecule has 1 saturated carbocycles. The van der Waals surface area contributed by atoms with Gasteiger partial charge in [-0.2, -0.15) is 0 Å². The lowest BCUT2D eigenvalue weighted by Crippen LogP contribution is -2.53. The molecule has 0 aromatic heterocycles. The van der Waals surface area contributed by atoms with Gasteiger partial charge >= 0.3 is 0 Å². The maximum atomic E-state index is 12.8. The monoisotopic (exact) mass is 357 g/mol. The van der Waals surface area contributed by atoms with Gasteiger partial charge in [0.25, 0.3) is 0 Å². The Morgan fingerprint density at radius 1 is 1.19 bits per heavy atom. The Hall–Kier alpha value is -2.04. The molecule has 4 rings (SSSR count). The highest BCUT2D eigenvalue weighted by molar-refractivity contribution is 6.00. The van der Waals surface area contributed by atoms with Crippen molar-refractivity contribution < 1.29 is 19.1 Å². The number of amides is 1. The molecular formula is C21H27NO4. The van der Waals surface area contributed by atoms with Crippen molar-refractivity contribution in [3.05, 3.63) is 23.8 Å². The highest BCUT2D eigenvalue weighted by atomic mass is 16.5. The van der Waals surface area contributed by atoms with Crippen LogP contribution < -0.4 is 9.47 Å². The van der Waals surface area contributed by atoms with Gasteiger partial charge in [0.2, 0.25) is 5.91 Å². The van der Waals surface area contributed by atoms with Crippen molar-refractivity contribution in [2.75, 3.05) is 20.2 Å². The summed E-state index contributed by atoms with van der Waals surface area (Å²) in [4.78, 5) is 27.4. The summed E-state index contributed by atoms with van der Waals surface area (Å²) in [6.07, 6.45) is 7.50. The summed E-state index contributed by atoms with van der Waals surface area (Å²) < 4.78 is 11.5. The van der Waals surface area contributed by atoms with Crippen LogP contribution in [-0.2, 0) is 4.79 Å². The number of methoxy groups -OCH3 is 1. The molecule has 0 N–H and O–H groups in total. The van der Waals surface area contributed by atoms with E-state index < -0.39 is 5.60 Å². The molecule has 1 amide bonds. The van der Waals surface area contributed by atoms with Crippen LogP contribution in [0.15, 0.2) is 18.2 Å². The Labute approximate surface area is 154 Å². The van der Waals surface area contributed by atoms with Gasteiger partial charge in [-0.25, -0.2) is 0 Å². The van der Waals surface area contributed by atoms with Crippen molar-refractivity contribution in [2.45, 2.75) is 57.0 Å². The number of carbonyl (C=O) groups is 2. The maximum absolute atomic E-state index is 12.8. The molecule has 1 aliphatic carbocycles. The summed E-state index contributed by atoms with van der Waals surface area (Å²) in [7, 11) is 1.59. The number of fused-ring (bicyclic) bond motifs is 1. The Morgan fingerprint density at radius 3 is 2.62 bits per heavy atom. The predicted octanol–water partition coefficient (Wildman–Crippen LogP) is 3.60. The van der Waals surface area contributed by atoms with Crippen molar-refractivity contribution in [2.24, 2.45) is 5.92 Å². The highest BCUT2D eigenvalue weighted by Crippen LogP contribution is 2.41. The fourth-order valence-corrected chi connectivity index (χ4v) is 4.62. The molecule has 1 saturated heterocycles. The predicted molar refractivity (Wildman–Crippen MR) is 97.7 cm³/mol. The highest BCUT2D eigenvalue weighted by Gasteiger charge is 2.44. The topological polar surface area (TPSA) is 55.8 Å². The van der Waals surface area contributed by atoms with E-state index in [4.69, 9.17) is 9.47 Å². The van der Waals surface area contributed by atoms with Gasteiger partial charge in [0.1, 0.15) is 17.1 Å². The molecule has 26 heavy (non-hydrogen) atoms. The molecule has 0 bridgehead atoms. The summed E-state index contributed by atoms with van der Waals surface area (Å²) in [6.45, 7) is 1.38. The first-order valence-electron chi connectivity index (χ1n) is 9.79. The van der Waals surface area contributed by atoms with E-state index in [2.05, 4.69) is 0 Å². The van der Waals surface area contributed by atoms with Gasteiger partial charge < -0.3 is 14.4 Å². The van der Waals surface area contributed by atoms with Crippen LogP contribution in [0.3, 0.4) is 0 Å².